The fourth-order valence-electron chi connectivity index (χ4n) is 1.44. The van der Waals surface area contributed by atoms with Crippen molar-refractivity contribution in [1.29, 1.82) is 0 Å². The Bertz CT molecular complexity index is 387. The number of hydrogen-bond acceptors (Lipinski definition) is 5. The highest BCUT2D eigenvalue weighted by atomic mass is 32.2. The molecule has 0 aliphatic rings. The lowest BCUT2D eigenvalue weighted by Gasteiger charge is -2.23. The summed E-state index contributed by atoms with van der Waals surface area (Å²) in [6.45, 7) is 7.39. The van der Waals surface area contributed by atoms with Crippen LogP contribution in [-0.4, -0.2) is 42.6 Å². The highest BCUT2D eigenvalue weighted by Crippen LogP contribution is 2.23. The molecule has 0 aliphatic heterocycles. The van der Waals surface area contributed by atoms with E-state index in [0.717, 1.165) is 29.8 Å². The smallest absolute Gasteiger partial charge is 0.138 e. The van der Waals surface area contributed by atoms with Gasteiger partial charge in [0, 0.05) is 37.9 Å². The highest BCUT2D eigenvalue weighted by molar-refractivity contribution is 7.98. The minimum absolute atomic E-state index is 0.0397. The minimum Gasteiger partial charge on any atom is -0.373 e. The van der Waals surface area contributed by atoms with E-state index in [1.165, 1.54) is 0 Å². The molecule has 0 atom stereocenters. The van der Waals surface area contributed by atoms with Gasteiger partial charge in [0.25, 0.3) is 0 Å². The Labute approximate surface area is 115 Å². The summed E-state index contributed by atoms with van der Waals surface area (Å²) >= 11 is 1.84. The van der Waals surface area contributed by atoms with Crippen LogP contribution in [0.4, 0.5) is 11.6 Å². The van der Waals surface area contributed by atoms with Crippen LogP contribution in [0.15, 0.2) is 6.07 Å². The van der Waals surface area contributed by atoms with Gasteiger partial charge in [-0.25, -0.2) is 9.97 Å². The predicted octanol–water partition coefficient (Wildman–Crippen LogP) is 2.62. The molecule has 1 aromatic rings. The van der Waals surface area contributed by atoms with Crippen molar-refractivity contribution >= 4 is 23.4 Å². The second-order valence-corrected chi connectivity index (χ2v) is 6.33. The molecule has 0 aromatic carbocycles. The summed E-state index contributed by atoms with van der Waals surface area (Å²) in [6.07, 6.45) is 2.12. The fourth-order valence-corrected chi connectivity index (χ4v) is 1.89. The van der Waals surface area contributed by atoms with Gasteiger partial charge in [0.05, 0.1) is 0 Å². The third-order valence-corrected chi connectivity index (χ3v) is 3.25. The van der Waals surface area contributed by atoms with Crippen LogP contribution in [0.1, 0.15) is 26.6 Å². The largest absolute Gasteiger partial charge is 0.373 e. The molecule has 0 aliphatic carbocycles. The first-order chi connectivity index (χ1) is 8.38. The molecule has 4 nitrogen and oxygen atoms in total. The van der Waals surface area contributed by atoms with E-state index >= 15 is 0 Å². The Morgan fingerprint density at radius 3 is 2.50 bits per heavy atom. The van der Waals surface area contributed by atoms with E-state index < -0.39 is 0 Å². The standard InChI is InChI=1S/C13H24N4S/c1-13(2,3)12-15-10(14-4)9-11(16-12)17(5)7-8-18-6/h9H,7-8H2,1-6H3,(H,14,15,16). The van der Waals surface area contributed by atoms with Crippen molar-refractivity contribution < 1.29 is 0 Å². The van der Waals surface area contributed by atoms with Crippen LogP contribution < -0.4 is 10.2 Å². The molecule has 1 rings (SSSR count). The Morgan fingerprint density at radius 1 is 1.33 bits per heavy atom. The van der Waals surface area contributed by atoms with Gasteiger partial charge >= 0.3 is 0 Å². The number of aromatic nitrogens is 2. The van der Waals surface area contributed by atoms with Gasteiger partial charge in [0.2, 0.25) is 0 Å². The van der Waals surface area contributed by atoms with E-state index in [4.69, 9.17) is 0 Å². The summed E-state index contributed by atoms with van der Waals surface area (Å²) < 4.78 is 0. The monoisotopic (exact) mass is 268 g/mol. The van der Waals surface area contributed by atoms with Gasteiger partial charge in [-0.2, -0.15) is 11.8 Å². The maximum absolute atomic E-state index is 4.67. The van der Waals surface area contributed by atoms with E-state index in [-0.39, 0.29) is 5.41 Å². The number of anilines is 2. The van der Waals surface area contributed by atoms with Crippen molar-refractivity contribution in [2.24, 2.45) is 0 Å². The van der Waals surface area contributed by atoms with E-state index in [9.17, 15) is 0 Å². The second kappa shape index (κ2) is 6.27. The lowest BCUT2D eigenvalue weighted by Crippen LogP contribution is -2.24. The molecule has 0 saturated heterocycles. The van der Waals surface area contributed by atoms with Crippen molar-refractivity contribution in [3.8, 4) is 0 Å². The molecule has 1 heterocycles. The first-order valence-corrected chi connectivity index (χ1v) is 7.55. The molecule has 1 N–H and O–H groups in total. The molecule has 5 heteroatoms. The van der Waals surface area contributed by atoms with E-state index in [1.807, 2.05) is 24.9 Å². The zero-order valence-electron chi connectivity index (χ0n) is 12.2. The van der Waals surface area contributed by atoms with Gasteiger partial charge in [0.1, 0.15) is 17.5 Å². The predicted molar refractivity (Wildman–Crippen MR) is 81.9 cm³/mol. The van der Waals surface area contributed by atoms with Crippen LogP contribution in [0.5, 0.6) is 0 Å². The quantitative estimate of drug-likeness (QED) is 0.889. The van der Waals surface area contributed by atoms with Crippen LogP contribution in [0.3, 0.4) is 0 Å². The molecular weight excluding hydrogens is 244 g/mol. The third-order valence-electron chi connectivity index (χ3n) is 2.66. The Hall–Kier alpha value is -0.970. The van der Waals surface area contributed by atoms with Crippen molar-refractivity contribution in [3.63, 3.8) is 0 Å². The van der Waals surface area contributed by atoms with Crippen LogP contribution in [0.25, 0.3) is 0 Å². The van der Waals surface area contributed by atoms with Crippen LogP contribution in [0, 0.1) is 0 Å². The summed E-state index contributed by atoms with van der Waals surface area (Å²) in [5.41, 5.74) is -0.0397. The van der Waals surface area contributed by atoms with Gasteiger partial charge in [-0.15, -0.1) is 0 Å². The Balaban J connectivity index is 3.04. The average Bonchev–Trinajstić information content (AvgIpc) is 2.34. The van der Waals surface area contributed by atoms with E-state index in [1.54, 1.807) is 0 Å². The van der Waals surface area contributed by atoms with Crippen molar-refractivity contribution in [2.45, 2.75) is 26.2 Å². The molecule has 0 radical (unpaired) electrons. The van der Waals surface area contributed by atoms with Gasteiger partial charge < -0.3 is 10.2 Å². The number of nitrogens with one attached hydrogen (secondary N) is 1. The van der Waals surface area contributed by atoms with Gasteiger partial charge in [-0.3, -0.25) is 0 Å². The molecular formula is C13H24N4S. The third kappa shape index (κ3) is 4.05. The maximum Gasteiger partial charge on any atom is 0.138 e. The summed E-state index contributed by atoms with van der Waals surface area (Å²) in [4.78, 5) is 11.4. The normalized spacial score (nSPS) is 11.4. The second-order valence-electron chi connectivity index (χ2n) is 5.35. The molecule has 0 spiro atoms. The lowest BCUT2D eigenvalue weighted by molar-refractivity contribution is 0.545. The van der Waals surface area contributed by atoms with Crippen molar-refractivity contribution in [3.05, 3.63) is 11.9 Å². The molecule has 102 valence electrons. The molecule has 0 bridgehead atoms. The number of nitrogens with zero attached hydrogens (tertiary/aromatic N) is 3. The Kier molecular flexibility index (Phi) is 5.26. The van der Waals surface area contributed by atoms with Crippen LogP contribution in [-0.2, 0) is 5.41 Å². The molecule has 1 aromatic heterocycles. The zero-order chi connectivity index (χ0) is 13.8. The van der Waals surface area contributed by atoms with Crippen LogP contribution >= 0.6 is 11.8 Å². The van der Waals surface area contributed by atoms with Gasteiger partial charge in [-0.05, 0) is 6.26 Å². The van der Waals surface area contributed by atoms with Crippen LogP contribution in [0.2, 0.25) is 0 Å². The Morgan fingerprint density at radius 2 is 2.00 bits per heavy atom. The molecule has 0 unspecified atom stereocenters. The van der Waals surface area contributed by atoms with Gasteiger partial charge in [0.15, 0.2) is 0 Å². The summed E-state index contributed by atoms with van der Waals surface area (Å²) in [7, 11) is 3.96. The molecule has 0 fully saturated rings. The lowest BCUT2D eigenvalue weighted by atomic mass is 9.96. The first-order valence-electron chi connectivity index (χ1n) is 6.16. The number of hydrogen-bond donors (Lipinski definition) is 1. The average molecular weight is 268 g/mol. The van der Waals surface area contributed by atoms with E-state index in [0.29, 0.717) is 0 Å². The molecule has 0 amide bonds. The molecule has 18 heavy (non-hydrogen) atoms. The summed E-state index contributed by atoms with van der Waals surface area (Å²) in [5, 5.41) is 3.11. The highest BCUT2D eigenvalue weighted by Gasteiger charge is 2.19. The number of rotatable bonds is 5. The fraction of sp³-hybridized carbons (Fsp3) is 0.692. The van der Waals surface area contributed by atoms with Crippen molar-refractivity contribution in [1.82, 2.24) is 9.97 Å². The van der Waals surface area contributed by atoms with E-state index in [2.05, 4.69) is 54.3 Å². The number of thioether (sulfide) groups is 1. The summed E-state index contributed by atoms with van der Waals surface area (Å²) in [5.74, 6) is 3.83. The molecule has 0 saturated carbocycles. The maximum atomic E-state index is 4.67. The van der Waals surface area contributed by atoms with Gasteiger partial charge in [-0.1, -0.05) is 20.8 Å². The first kappa shape index (κ1) is 15.1. The topological polar surface area (TPSA) is 41.0 Å². The summed E-state index contributed by atoms with van der Waals surface area (Å²) in [6, 6.07) is 2.00. The minimum atomic E-state index is -0.0397. The van der Waals surface area contributed by atoms with Crippen molar-refractivity contribution in [2.75, 3.05) is 42.9 Å². The zero-order valence-corrected chi connectivity index (χ0v) is 13.1. The SMILES string of the molecule is CNc1cc(N(C)CCSC)nc(C(C)(C)C)n1.